The molecule has 0 bridgehead atoms. The van der Waals surface area contributed by atoms with Crippen molar-refractivity contribution in [2.24, 2.45) is 0 Å². The molecule has 0 spiro atoms. The van der Waals surface area contributed by atoms with E-state index in [0.29, 0.717) is 5.88 Å². The van der Waals surface area contributed by atoms with Gasteiger partial charge in [0.15, 0.2) is 5.06 Å². The topological polar surface area (TPSA) is 9.23 Å². The Morgan fingerprint density at radius 1 is 1.14 bits per heavy atom. The van der Waals surface area contributed by atoms with Crippen LogP contribution in [0.5, 0.6) is 10.8 Å². The highest BCUT2D eigenvalue weighted by Crippen LogP contribution is 2.26. The molecule has 0 aliphatic carbocycles. The van der Waals surface area contributed by atoms with Gasteiger partial charge in [-0.15, -0.1) is 22.9 Å². The minimum absolute atomic E-state index is 0.541. The van der Waals surface area contributed by atoms with Crippen LogP contribution in [0.25, 0.3) is 0 Å². The molecule has 0 radical (unpaired) electrons. The predicted octanol–water partition coefficient (Wildman–Crippen LogP) is 4.28. The lowest BCUT2D eigenvalue weighted by atomic mass is 10.2. The third-order valence-corrected chi connectivity index (χ3v) is 2.84. The normalized spacial score (nSPS) is 10.1. The van der Waals surface area contributed by atoms with E-state index in [1.54, 1.807) is 11.3 Å². The SMILES string of the molecule is ClCc1ccc(Oc2cccs2)cc1. The average Bonchev–Trinajstić information content (AvgIpc) is 2.72. The van der Waals surface area contributed by atoms with Gasteiger partial charge in [0, 0.05) is 5.88 Å². The summed E-state index contributed by atoms with van der Waals surface area (Å²) in [5.41, 5.74) is 1.10. The fourth-order valence-electron chi connectivity index (χ4n) is 1.08. The molecule has 1 heterocycles. The van der Waals surface area contributed by atoms with Crippen LogP contribution >= 0.6 is 22.9 Å². The van der Waals surface area contributed by atoms with Gasteiger partial charge >= 0.3 is 0 Å². The second-order valence-electron chi connectivity index (χ2n) is 2.81. The zero-order chi connectivity index (χ0) is 9.80. The molecule has 2 aromatic rings. The number of hydrogen-bond acceptors (Lipinski definition) is 2. The summed E-state index contributed by atoms with van der Waals surface area (Å²) in [6, 6.07) is 11.7. The molecule has 0 unspecified atom stereocenters. The van der Waals surface area contributed by atoms with Crippen LogP contribution in [0.1, 0.15) is 5.56 Å². The lowest BCUT2D eigenvalue weighted by Gasteiger charge is -2.02. The number of benzene rings is 1. The number of alkyl halides is 1. The zero-order valence-corrected chi connectivity index (χ0v) is 9.02. The van der Waals surface area contributed by atoms with Crippen LogP contribution < -0.4 is 4.74 Å². The number of halogens is 1. The highest BCUT2D eigenvalue weighted by Gasteiger charge is 1.97. The molecule has 0 aliphatic heterocycles. The Bertz CT molecular complexity index is 380. The molecule has 72 valence electrons. The maximum atomic E-state index is 5.68. The van der Waals surface area contributed by atoms with Crippen molar-refractivity contribution in [2.45, 2.75) is 5.88 Å². The van der Waals surface area contributed by atoms with E-state index < -0.39 is 0 Å². The van der Waals surface area contributed by atoms with Crippen LogP contribution in [0.3, 0.4) is 0 Å². The first-order chi connectivity index (χ1) is 6.88. The molecular formula is C11H9ClOS. The summed E-state index contributed by atoms with van der Waals surface area (Å²) < 4.78 is 5.59. The number of rotatable bonds is 3. The quantitative estimate of drug-likeness (QED) is 0.708. The van der Waals surface area contributed by atoms with Crippen molar-refractivity contribution in [1.29, 1.82) is 0 Å². The van der Waals surface area contributed by atoms with E-state index in [2.05, 4.69) is 0 Å². The molecule has 0 atom stereocenters. The largest absolute Gasteiger partial charge is 0.447 e. The molecule has 2 rings (SSSR count). The van der Waals surface area contributed by atoms with E-state index in [1.807, 2.05) is 41.8 Å². The van der Waals surface area contributed by atoms with Crippen LogP contribution in [0.4, 0.5) is 0 Å². The van der Waals surface area contributed by atoms with Crippen molar-refractivity contribution in [2.75, 3.05) is 0 Å². The maximum absolute atomic E-state index is 5.68. The van der Waals surface area contributed by atoms with Crippen molar-refractivity contribution < 1.29 is 4.74 Å². The first-order valence-electron chi connectivity index (χ1n) is 4.25. The van der Waals surface area contributed by atoms with E-state index >= 15 is 0 Å². The molecule has 0 saturated heterocycles. The molecule has 0 aliphatic rings. The molecule has 1 aromatic carbocycles. The molecular weight excluding hydrogens is 216 g/mol. The van der Waals surface area contributed by atoms with Crippen molar-refractivity contribution >= 4 is 22.9 Å². The van der Waals surface area contributed by atoms with Crippen molar-refractivity contribution in [3.05, 3.63) is 47.3 Å². The van der Waals surface area contributed by atoms with Gasteiger partial charge in [-0.2, -0.15) is 0 Å². The number of hydrogen-bond donors (Lipinski definition) is 0. The molecule has 1 aromatic heterocycles. The van der Waals surface area contributed by atoms with Crippen LogP contribution in [0.15, 0.2) is 41.8 Å². The summed E-state index contributed by atoms with van der Waals surface area (Å²) >= 11 is 7.26. The smallest absolute Gasteiger partial charge is 0.180 e. The van der Waals surface area contributed by atoms with Gasteiger partial charge in [-0.25, -0.2) is 0 Å². The second-order valence-corrected chi connectivity index (χ2v) is 3.99. The minimum Gasteiger partial charge on any atom is -0.447 e. The Labute approximate surface area is 91.9 Å². The predicted molar refractivity (Wildman–Crippen MR) is 60.4 cm³/mol. The van der Waals surface area contributed by atoms with Gasteiger partial charge in [-0.05, 0) is 35.2 Å². The summed E-state index contributed by atoms with van der Waals surface area (Å²) in [4.78, 5) is 0. The molecule has 0 amide bonds. The summed E-state index contributed by atoms with van der Waals surface area (Å²) in [6.45, 7) is 0. The van der Waals surface area contributed by atoms with Crippen LogP contribution in [-0.4, -0.2) is 0 Å². The van der Waals surface area contributed by atoms with E-state index in [4.69, 9.17) is 16.3 Å². The average molecular weight is 225 g/mol. The fourth-order valence-corrected chi connectivity index (χ4v) is 1.86. The Morgan fingerprint density at radius 3 is 2.50 bits per heavy atom. The third kappa shape index (κ3) is 2.28. The van der Waals surface area contributed by atoms with E-state index in [1.165, 1.54) is 0 Å². The standard InChI is InChI=1S/C11H9ClOS/c12-8-9-3-5-10(6-4-9)13-11-2-1-7-14-11/h1-7H,8H2. The second kappa shape index (κ2) is 4.49. The first kappa shape index (κ1) is 9.56. The molecule has 0 N–H and O–H groups in total. The van der Waals surface area contributed by atoms with Gasteiger partial charge < -0.3 is 4.74 Å². The lowest BCUT2D eigenvalue weighted by Crippen LogP contribution is -1.81. The van der Waals surface area contributed by atoms with E-state index in [0.717, 1.165) is 16.4 Å². The number of thiophene rings is 1. The highest BCUT2D eigenvalue weighted by molar-refractivity contribution is 7.11. The Kier molecular flexibility index (Phi) is 3.07. The molecule has 14 heavy (non-hydrogen) atoms. The number of ether oxygens (including phenoxy) is 1. The summed E-state index contributed by atoms with van der Waals surface area (Å²) in [6.07, 6.45) is 0. The van der Waals surface area contributed by atoms with Crippen molar-refractivity contribution in [3.8, 4) is 10.8 Å². The van der Waals surface area contributed by atoms with Crippen molar-refractivity contribution in [3.63, 3.8) is 0 Å². The van der Waals surface area contributed by atoms with Crippen LogP contribution in [0.2, 0.25) is 0 Å². The summed E-state index contributed by atoms with van der Waals surface area (Å²) in [7, 11) is 0. The van der Waals surface area contributed by atoms with Gasteiger partial charge in [-0.3, -0.25) is 0 Å². The van der Waals surface area contributed by atoms with Crippen LogP contribution in [-0.2, 0) is 5.88 Å². The molecule has 0 fully saturated rings. The van der Waals surface area contributed by atoms with Gasteiger partial charge in [0.2, 0.25) is 0 Å². The maximum Gasteiger partial charge on any atom is 0.180 e. The molecule has 0 saturated carbocycles. The zero-order valence-electron chi connectivity index (χ0n) is 7.44. The monoisotopic (exact) mass is 224 g/mol. The Balaban J connectivity index is 2.10. The Morgan fingerprint density at radius 2 is 1.93 bits per heavy atom. The lowest BCUT2D eigenvalue weighted by molar-refractivity contribution is 0.496. The Hall–Kier alpha value is -0.990. The fraction of sp³-hybridized carbons (Fsp3) is 0.0909. The van der Waals surface area contributed by atoms with Crippen molar-refractivity contribution in [1.82, 2.24) is 0 Å². The minimum atomic E-state index is 0.541. The summed E-state index contributed by atoms with van der Waals surface area (Å²) in [5.74, 6) is 1.39. The molecule has 3 heteroatoms. The van der Waals surface area contributed by atoms with Crippen LogP contribution in [0, 0.1) is 0 Å². The van der Waals surface area contributed by atoms with Gasteiger partial charge in [-0.1, -0.05) is 12.1 Å². The van der Waals surface area contributed by atoms with E-state index in [-0.39, 0.29) is 0 Å². The van der Waals surface area contributed by atoms with Gasteiger partial charge in [0.25, 0.3) is 0 Å². The molecule has 1 nitrogen and oxygen atoms in total. The van der Waals surface area contributed by atoms with Gasteiger partial charge in [0.1, 0.15) is 5.75 Å². The highest BCUT2D eigenvalue weighted by atomic mass is 35.5. The first-order valence-corrected chi connectivity index (χ1v) is 5.66. The van der Waals surface area contributed by atoms with E-state index in [9.17, 15) is 0 Å². The summed E-state index contributed by atoms with van der Waals surface area (Å²) in [5, 5.41) is 2.89. The third-order valence-electron chi connectivity index (χ3n) is 1.79. The van der Waals surface area contributed by atoms with Gasteiger partial charge in [0.05, 0.1) is 0 Å².